The Hall–Kier alpha value is -1.73. The van der Waals surface area contributed by atoms with Gasteiger partial charge in [0.2, 0.25) is 5.91 Å². The summed E-state index contributed by atoms with van der Waals surface area (Å²) in [5, 5.41) is 8.76. The highest BCUT2D eigenvalue weighted by molar-refractivity contribution is 5.79. The summed E-state index contributed by atoms with van der Waals surface area (Å²) in [5.74, 6) is 1.03. The van der Waals surface area contributed by atoms with Crippen LogP contribution in [0.25, 0.3) is 5.57 Å². The maximum atomic E-state index is 13.0. The monoisotopic (exact) mass is 371 g/mol. The van der Waals surface area contributed by atoms with E-state index >= 15 is 0 Å². The Kier molecular flexibility index (Phi) is 4.73. The van der Waals surface area contributed by atoms with Gasteiger partial charge in [0.1, 0.15) is 5.69 Å². The van der Waals surface area contributed by atoms with E-state index in [1.807, 2.05) is 9.58 Å². The average molecular weight is 371 g/mol. The van der Waals surface area contributed by atoms with Crippen molar-refractivity contribution in [2.45, 2.75) is 44.7 Å². The van der Waals surface area contributed by atoms with Gasteiger partial charge in [0.05, 0.1) is 31.9 Å². The van der Waals surface area contributed by atoms with Gasteiger partial charge in [-0.15, -0.1) is 5.10 Å². The van der Waals surface area contributed by atoms with E-state index in [-0.39, 0.29) is 5.92 Å². The maximum Gasteiger partial charge on any atom is 0.227 e. The number of amides is 1. The first-order valence-electron chi connectivity index (χ1n) is 10.5. The van der Waals surface area contributed by atoms with Crippen molar-refractivity contribution in [3.63, 3.8) is 0 Å². The van der Waals surface area contributed by atoms with Gasteiger partial charge < -0.3 is 9.64 Å². The number of hydrogen-bond acceptors (Lipinski definition) is 5. The molecule has 27 heavy (non-hydrogen) atoms. The molecule has 0 spiro atoms. The van der Waals surface area contributed by atoms with E-state index < -0.39 is 0 Å². The minimum Gasteiger partial charge on any atom is -0.378 e. The number of ether oxygens (including phenoxy) is 1. The van der Waals surface area contributed by atoms with Gasteiger partial charge in [-0.25, -0.2) is 0 Å². The van der Waals surface area contributed by atoms with E-state index in [1.54, 1.807) is 0 Å². The highest BCUT2D eigenvalue weighted by atomic mass is 16.5. The molecule has 7 heteroatoms. The number of piperidine rings is 3. The summed E-state index contributed by atoms with van der Waals surface area (Å²) < 4.78 is 7.41. The van der Waals surface area contributed by atoms with Crippen LogP contribution in [0.1, 0.15) is 37.8 Å². The minimum atomic E-state index is 0.169. The van der Waals surface area contributed by atoms with Crippen molar-refractivity contribution in [2.75, 3.05) is 39.4 Å². The second kappa shape index (κ2) is 7.36. The van der Waals surface area contributed by atoms with E-state index in [2.05, 4.69) is 27.5 Å². The molecular formula is C20H29N5O2. The van der Waals surface area contributed by atoms with Crippen molar-refractivity contribution < 1.29 is 9.53 Å². The highest BCUT2D eigenvalue weighted by Crippen LogP contribution is 2.38. The zero-order valence-electron chi connectivity index (χ0n) is 15.9. The topological polar surface area (TPSA) is 63.5 Å². The number of fused-ring (bicyclic) bond motifs is 3. The summed E-state index contributed by atoms with van der Waals surface area (Å²) in [4.78, 5) is 17.5. The number of rotatable bonds is 4. The molecule has 4 aliphatic heterocycles. The second-order valence-corrected chi connectivity index (χ2v) is 8.42. The maximum absolute atomic E-state index is 13.0. The number of hydrogen-bond donors (Lipinski definition) is 0. The number of carbonyl (C=O) groups is 1. The summed E-state index contributed by atoms with van der Waals surface area (Å²) in [6.45, 7) is 5.76. The number of nitrogens with zero attached hydrogens (tertiary/aromatic N) is 5. The Balaban J connectivity index is 1.22. The van der Waals surface area contributed by atoms with Crippen molar-refractivity contribution in [1.82, 2.24) is 24.8 Å². The SMILES string of the molecule is O=C([C@H]1CN2CCC1C[C@@H]2Cn1cc(C2=CCCC2)nn1)N1CCOCC1. The average Bonchev–Trinajstić information content (AvgIpc) is 3.40. The zero-order valence-corrected chi connectivity index (χ0v) is 15.9. The quantitative estimate of drug-likeness (QED) is 0.801. The molecule has 2 bridgehead atoms. The lowest BCUT2D eigenvalue weighted by molar-refractivity contribution is -0.148. The summed E-state index contributed by atoms with van der Waals surface area (Å²) in [6, 6.07) is 0.476. The Morgan fingerprint density at radius 1 is 1.26 bits per heavy atom. The van der Waals surface area contributed by atoms with Gasteiger partial charge in [-0.2, -0.15) is 0 Å². The molecule has 0 saturated carbocycles. The molecule has 1 aliphatic carbocycles. The molecule has 1 aromatic heterocycles. The van der Waals surface area contributed by atoms with Crippen molar-refractivity contribution in [3.8, 4) is 0 Å². The van der Waals surface area contributed by atoms with Gasteiger partial charge in [-0.1, -0.05) is 11.3 Å². The number of aromatic nitrogens is 3. The molecule has 4 atom stereocenters. The Bertz CT molecular complexity index is 724. The number of allylic oxidation sites excluding steroid dienone is 2. The van der Waals surface area contributed by atoms with Crippen molar-refractivity contribution >= 4 is 11.5 Å². The molecular weight excluding hydrogens is 342 g/mol. The fraction of sp³-hybridized carbons (Fsp3) is 0.750. The van der Waals surface area contributed by atoms with Crippen molar-refractivity contribution in [2.24, 2.45) is 11.8 Å². The summed E-state index contributed by atoms with van der Waals surface area (Å²) in [5.41, 5.74) is 2.40. The van der Waals surface area contributed by atoms with Crippen LogP contribution in [0.5, 0.6) is 0 Å². The van der Waals surface area contributed by atoms with Crippen LogP contribution in [-0.2, 0) is 16.1 Å². The van der Waals surface area contributed by atoms with Gasteiger partial charge in [0, 0.05) is 25.7 Å². The van der Waals surface area contributed by atoms with E-state index in [1.165, 1.54) is 18.4 Å². The normalized spacial score (nSPS) is 33.3. The van der Waals surface area contributed by atoms with Crippen LogP contribution in [0.4, 0.5) is 0 Å². The van der Waals surface area contributed by atoms with Gasteiger partial charge in [-0.3, -0.25) is 14.4 Å². The first-order valence-corrected chi connectivity index (χ1v) is 10.5. The van der Waals surface area contributed by atoms with E-state index in [9.17, 15) is 4.79 Å². The predicted octanol–water partition coefficient (Wildman–Crippen LogP) is 1.41. The first kappa shape index (κ1) is 17.4. The van der Waals surface area contributed by atoms with Crippen LogP contribution in [0.3, 0.4) is 0 Å². The molecule has 0 N–H and O–H groups in total. The van der Waals surface area contributed by atoms with Crippen LogP contribution in [0, 0.1) is 11.8 Å². The summed E-state index contributed by atoms with van der Waals surface area (Å²) in [7, 11) is 0. The molecule has 4 saturated heterocycles. The minimum absolute atomic E-state index is 0.169. The Labute approximate surface area is 160 Å². The lowest BCUT2D eigenvalue weighted by Gasteiger charge is -2.50. The second-order valence-electron chi connectivity index (χ2n) is 8.42. The van der Waals surface area contributed by atoms with Crippen LogP contribution in [0.2, 0.25) is 0 Å². The van der Waals surface area contributed by atoms with E-state index in [0.717, 1.165) is 57.7 Å². The van der Waals surface area contributed by atoms with E-state index in [0.29, 0.717) is 31.1 Å². The molecule has 0 aromatic carbocycles. The molecule has 1 amide bonds. The molecule has 2 unspecified atom stereocenters. The van der Waals surface area contributed by atoms with Crippen LogP contribution in [0.15, 0.2) is 12.3 Å². The van der Waals surface area contributed by atoms with Gasteiger partial charge in [0.25, 0.3) is 0 Å². The largest absolute Gasteiger partial charge is 0.378 e. The zero-order chi connectivity index (χ0) is 18.2. The first-order chi connectivity index (χ1) is 13.3. The van der Waals surface area contributed by atoms with Gasteiger partial charge >= 0.3 is 0 Å². The van der Waals surface area contributed by atoms with Crippen molar-refractivity contribution in [3.05, 3.63) is 18.0 Å². The molecule has 6 rings (SSSR count). The molecule has 7 nitrogen and oxygen atoms in total. The van der Waals surface area contributed by atoms with Crippen LogP contribution >= 0.6 is 0 Å². The predicted molar refractivity (Wildman–Crippen MR) is 101 cm³/mol. The summed E-state index contributed by atoms with van der Waals surface area (Å²) >= 11 is 0. The third-order valence-corrected chi connectivity index (χ3v) is 6.82. The molecule has 5 heterocycles. The van der Waals surface area contributed by atoms with Crippen LogP contribution < -0.4 is 0 Å². The fourth-order valence-corrected chi connectivity index (χ4v) is 5.28. The lowest BCUT2D eigenvalue weighted by atomic mass is 9.75. The molecule has 0 radical (unpaired) electrons. The third-order valence-electron chi connectivity index (χ3n) is 6.82. The fourth-order valence-electron chi connectivity index (χ4n) is 5.28. The van der Waals surface area contributed by atoms with Gasteiger partial charge in [0.15, 0.2) is 0 Å². The molecule has 146 valence electrons. The van der Waals surface area contributed by atoms with Crippen LogP contribution in [-0.4, -0.2) is 76.1 Å². The number of carbonyl (C=O) groups excluding carboxylic acids is 1. The molecule has 4 fully saturated rings. The standard InChI is InChI=1S/C20H29N5O2/c26-20(23-7-9-27-10-8-23)18-13-24-6-5-16(18)11-17(24)12-25-14-19(21-22-25)15-3-1-2-4-15/h3,14,16-18H,1-2,4-13H2/t16?,17-,18+/m1/s1. The molecule has 1 aromatic rings. The summed E-state index contributed by atoms with van der Waals surface area (Å²) in [6.07, 6.45) is 10.2. The third kappa shape index (κ3) is 3.43. The van der Waals surface area contributed by atoms with Gasteiger partial charge in [-0.05, 0) is 50.1 Å². The molecule has 5 aliphatic rings. The Morgan fingerprint density at radius 2 is 2.15 bits per heavy atom. The van der Waals surface area contributed by atoms with Crippen molar-refractivity contribution in [1.29, 1.82) is 0 Å². The smallest absolute Gasteiger partial charge is 0.227 e. The number of morpholine rings is 1. The Morgan fingerprint density at radius 3 is 2.89 bits per heavy atom. The van der Waals surface area contributed by atoms with E-state index in [4.69, 9.17) is 4.74 Å². The lowest BCUT2D eigenvalue weighted by Crippen LogP contribution is -2.59. The highest BCUT2D eigenvalue weighted by Gasteiger charge is 2.44.